The minimum absolute atomic E-state index is 0.00135. The largest absolute Gasteiger partial charge is 0.324 e. The number of halogens is 1. The lowest BCUT2D eigenvalue weighted by molar-refractivity contribution is 0.589. The molecule has 2 aromatic carbocycles. The van der Waals surface area contributed by atoms with Crippen LogP contribution in [0.2, 0.25) is 5.02 Å². The smallest absolute Gasteiger partial charge is 0.0435 e. The lowest BCUT2D eigenvalue weighted by Gasteiger charge is -2.20. The Kier molecular flexibility index (Phi) is 4.75. The van der Waals surface area contributed by atoms with Crippen molar-refractivity contribution in [3.05, 3.63) is 69.7 Å². The third kappa shape index (κ3) is 4.09. The first-order valence-corrected chi connectivity index (χ1v) is 7.76. The van der Waals surface area contributed by atoms with Crippen molar-refractivity contribution < 1.29 is 0 Å². The maximum atomic E-state index is 6.33. The molecule has 0 radical (unpaired) electrons. The molecule has 21 heavy (non-hydrogen) atoms. The van der Waals surface area contributed by atoms with Crippen molar-refractivity contribution in [1.82, 2.24) is 0 Å². The molecule has 0 saturated heterocycles. The predicted molar refractivity (Wildman–Crippen MR) is 92.0 cm³/mol. The van der Waals surface area contributed by atoms with E-state index in [1.165, 1.54) is 11.1 Å². The molecule has 0 aliphatic heterocycles. The summed E-state index contributed by atoms with van der Waals surface area (Å²) in [5.74, 6) is 0. The van der Waals surface area contributed by atoms with Gasteiger partial charge in [0, 0.05) is 11.1 Å². The minimum atomic E-state index is 0.00135. The summed E-state index contributed by atoms with van der Waals surface area (Å²) >= 11 is 6.06. The number of rotatable bonds is 3. The normalized spacial score (nSPS) is 13.2. The Labute approximate surface area is 133 Å². The fourth-order valence-corrected chi connectivity index (χ4v) is 2.53. The average molecular weight is 302 g/mol. The van der Waals surface area contributed by atoms with E-state index in [1.807, 2.05) is 19.1 Å². The predicted octanol–water partition coefficient (Wildman–Crippen LogP) is 5.19. The van der Waals surface area contributed by atoms with Gasteiger partial charge >= 0.3 is 0 Å². The van der Waals surface area contributed by atoms with E-state index in [1.54, 1.807) is 0 Å². The number of benzene rings is 2. The van der Waals surface area contributed by atoms with Gasteiger partial charge < -0.3 is 5.73 Å². The van der Waals surface area contributed by atoms with Gasteiger partial charge in [-0.2, -0.15) is 0 Å². The van der Waals surface area contributed by atoms with Gasteiger partial charge in [0.1, 0.15) is 0 Å². The van der Waals surface area contributed by atoms with Crippen LogP contribution in [0.15, 0.2) is 42.5 Å². The Morgan fingerprint density at radius 2 is 1.67 bits per heavy atom. The molecule has 2 rings (SSSR count). The Morgan fingerprint density at radius 1 is 1.05 bits per heavy atom. The standard InChI is InChI=1S/C19H24ClN/c1-13-11-15(7-10-17(13)20)18(21)12-14-5-8-16(9-6-14)19(2,3)4/h5-11,18H,12,21H2,1-4H3. The van der Waals surface area contributed by atoms with E-state index in [4.69, 9.17) is 17.3 Å². The molecule has 0 aromatic heterocycles. The SMILES string of the molecule is Cc1cc(C(N)Cc2ccc(C(C)(C)C)cc2)ccc1Cl. The fourth-order valence-electron chi connectivity index (χ4n) is 2.41. The zero-order valence-corrected chi connectivity index (χ0v) is 14.0. The molecule has 1 unspecified atom stereocenters. The van der Waals surface area contributed by atoms with Crippen molar-refractivity contribution in [2.24, 2.45) is 5.73 Å². The van der Waals surface area contributed by atoms with Gasteiger partial charge in [0.25, 0.3) is 0 Å². The molecule has 2 heteroatoms. The number of hydrogen-bond donors (Lipinski definition) is 1. The zero-order chi connectivity index (χ0) is 15.6. The first kappa shape index (κ1) is 16.1. The molecule has 0 heterocycles. The van der Waals surface area contributed by atoms with Gasteiger partial charge in [-0.1, -0.05) is 68.8 Å². The van der Waals surface area contributed by atoms with Crippen LogP contribution < -0.4 is 5.73 Å². The van der Waals surface area contributed by atoms with Crippen LogP contribution in [0.25, 0.3) is 0 Å². The molecule has 1 nitrogen and oxygen atoms in total. The van der Waals surface area contributed by atoms with Gasteiger partial charge in [0.15, 0.2) is 0 Å². The number of nitrogens with two attached hydrogens (primary N) is 1. The van der Waals surface area contributed by atoms with Gasteiger partial charge in [0.2, 0.25) is 0 Å². The van der Waals surface area contributed by atoms with Crippen molar-refractivity contribution in [1.29, 1.82) is 0 Å². The third-order valence-electron chi connectivity index (χ3n) is 3.89. The third-order valence-corrected chi connectivity index (χ3v) is 4.31. The summed E-state index contributed by atoms with van der Waals surface area (Å²) in [5, 5.41) is 0.792. The van der Waals surface area contributed by atoms with Crippen molar-refractivity contribution in [2.75, 3.05) is 0 Å². The highest BCUT2D eigenvalue weighted by atomic mass is 35.5. The highest BCUT2D eigenvalue weighted by molar-refractivity contribution is 6.31. The van der Waals surface area contributed by atoms with Crippen LogP contribution in [0.4, 0.5) is 0 Å². The first-order chi connectivity index (χ1) is 9.77. The number of hydrogen-bond acceptors (Lipinski definition) is 1. The van der Waals surface area contributed by atoms with Crippen molar-refractivity contribution >= 4 is 11.6 Å². The molecule has 0 aliphatic carbocycles. The van der Waals surface area contributed by atoms with E-state index in [0.29, 0.717) is 0 Å². The van der Waals surface area contributed by atoms with E-state index in [-0.39, 0.29) is 11.5 Å². The summed E-state index contributed by atoms with van der Waals surface area (Å²) < 4.78 is 0. The van der Waals surface area contributed by atoms with E-state index in [9.17, 15) is 0 Å². The summed E-state index contributed by atoms with van der Waals surface area (Å²) in [4.78, 5) is 0. The number of aryl methyl sites for hydroxylation is 1. The highest BCUT2D eigenvalue weighted by Crippen LogP contribution is 2.25. The second-order valence-corrected chi connectivity index (χ2v) is 7.17. The molecule has 0 bridgehead atoms. The maximum absolute atomic E-state index is 6.33. The van der Waals surface area contributed by atoms with Crippen LogP contribution in [0, 0.1) is 6.92 Å². The Bertz CT molecular complexity index is 608. The molecule has 112 valence electrons. The summed E-state index contributed by atoms with van der Waals surface area (Å²) in [6.45, 7) is 8.69. The fraction of sp³-hybridized carbons (Fsp3) is 0.368. The highest BCUT2D eigenvalue weighted by Gasteiger charge is 2.14. The van der Waals surface area contributed by atoms with Crippen molar-refractivity contribution in [3.8, 4) is 0 Å². The summed E-state index contributed by atoms with van der Waals surface area (Å²) in [5.41, 5.74) is 11.3. The molecular formula is C19H24ClN. The zero-order valence-electron chi connectivity index (χ0n) is 13.3. The molecule has 0 fully saturated rings. The Morgan fingerprint density at radius 3 is 2.19 bits per heavy atom. The van der Waals surface area contributed by atoms with Crippen LogP contribution in [0.1, 0.15) is 49.1 Å². The lowest BCUT2D eigenvalue weighted by Crippen LogP contribution is -2.14. The monoisotopic (exact) mass is 301 g/mol. The molecule has 0 amide bonds. The van der Waals surface area contributed by atoms with E-state index >= 15 is 0 Å². The average Bonchev–Trinajstić information content (AvgIpc) is 2.41. The van der Waals surface area contributed by atoms with Crippen LogP contribution in [0.5, 0.6) is 0 Å². The van der Waals surface area contributed by atoms with Gasteiger partial charge in [-0.15, -0.1) is 0 Å². The summed E-state index contributed by atoms with van der Waals surface area (Å²) in [6.07, 6.45) is 0.839. The molecule has 0 aliphatic rings. The molecular weight excluding hydrogens is 278 g/mol. The van der Waals surface area contributed by atoms with Crippen LogP contribution in [-0.2, 0) is 11.8 Å². The summed E-state index contributed by atoms with van der Waals surface area (Å²) in [7, 11) is 0. The Hall–Kier alpha value is -1.31. The van der Waals surface area contributed by atoms with Gasteiger partial charge in [-0.25, -0.2) is 0 Å². The molecule has 2 aromatic rings. The van der Waals surface area contributed by atoms with Crippen LogP contribution >= 0.6 is 11.6 Å². The molecule has 0 spiro atoms. The topological polar surface area (TPSA) is 26.0 Å². The second kappa shape index (κ2) is 6.21. The quantitative estimate of drug-likeness (QED) is 0.829. The van der Waals surface area contributed by atoms with Gasteiger partial charge in [-0.3, -0.25) is 0 Å². The van der Waals surface area contributed by atoms with E-state index in [2.05, 4.69) is 51.1 Å². The lowest BCUT2D eigenvalue weighted by atomic mass is 9.86. The Balaban J connectivity index is 2.12. The van der Waals surface area contributed by atoms with Crippen LogP contribution in [-0.4, -0.2) is 0 Å². The second-order valence-electron chi connectivity index (χ2n) is 6.77. The van der Waals surface area contributed by atoms with E-state index < -0.39 is 0 Å². The first-order valence-electron chi connectivity index (χ1n) is 7.38. The van der Waals surface area contributed by atoms with E-state index in [0.717, 1.165) is 22.6 Å². The van der Waals surface area contributed by atoms with Crippen LogP contribution in [0.3, 0.4) is 0 Å². The minimum Gasteiger partial charge on any atom is -0.324 e. The van der Waals surface area contributed by atoms with Gasteiger partial charge in [-0.05, 0) is 47.1 Å². The maximum Gasteiger partial charge on any atom is 0.0435 e. The molecule has 0 saturated carbocycles. The van der Waals surface area contributed by atoms with Gasteiger partial charge in [0.05, 0.1) is 0 Å². The molecule has 1 atom stereocenters. The molecule has 2 N–H and O–H groups in total. The van der Waals surface area contributed by atoms with Crippen molar-refractivity contribution in [3.63, 3.8) is 0 Å². The van der Waals surface area contributed by atoms with Crippen molar-refractivity contribution in [2.45, 2.75) is 45.6 Å². The summed E-state index contributed by atoms with van der Waals surface area (Å²) in [6, 6.07) is 14.8.